The molecule has 1 unspecified atom stereocenters. The van der Waals surface area contributed by atoms with Crippen LogP contribution in [0, 0.1) is 11.3 Å². The summed E-state index contributed by atoms with van der Waals surface area (Å²) in [6.07, 6.45) is -4.62. The van der Waals surface area contributed by atoms with Crippen LogP contribution in [0.15, 0.2) is 18.2 Å². The van der Waals surface area contributed by atoms with Crippen molar-refractivity contribution in [3.05, 3.63) is 29.3 Å². The van der Waals surface area contributed by atoms with Gasteiger partial charge in [0.1, 0.15) is 0 Å². The van der Waals surface area contributed by atoms with E-state index in [9.17, 15) is 18.0 Å². The molecule has 1 atom stereocenters. The van der Waals surface area contributed by atoms with Crippen LogP contribution < -0.4 is 4.90 Å². The van der Waals surface area contributed by atoms with Gasteiger partial charge in [0.05, 0.1) is 28.3 Å². The van der Waals surface area contributed by atoms with E-state index >= 15 is 0 Å². The number of nitrogens with zero attached hydrogens (tertiary/aromatic N) is 2. The van der Waals surface area contributed by atoms with Gasteiger partial charge in [-0.25, -0.2) is 0 Å². The van der Waals surface area contributed by atoms with Crippen molar-refractivity contribution in [2.24, 2.45) is 0 Å². The van der Waals surface area contributed by atoms with Crippen molar-refractivity contribution in [2.45, 2.75) is 18.0 Å². The van der Waals surface area contributed by atoms with Gasteiger partial charge in [0.25, 0.3) is 0 Å². The van der Waals surface area contributed by atoms with Crippen molar-refractivity contribution in [1.82, 2.24) is 0 Å². The van der Waals surface area contributed by atoms with Gasteiger partial charge in [-0.2, -0.15) is 18.4 Å². The highest BCUT2D eigenvalue weighted by atomic mass is 35.5. The molecule has 0 aliphatic carbocycles. The number of halogens is 4. The first-order valence-corrected chi connectivity index (χ1v) is 5.82. The average Bonchev–Trinajstić information content (AvgIpc) is 2.66. The molecular formula is C12H8ClF3N2O. The largest absolute Gasteiger partial charge is 0.418 e. The molecule has 1 aliphatic heterocycles. The Morgan fingerprint density at radius 1 is 1.42 bits per heavy atom. The van der Waals surface area contributed by atoms with Crippen molar-refractivity contribution in [3.63, 3.8) is 0 Å². The summed E-state index contributed by atoms with van der Waals surface area (Å²) >= 11 is 5.78. The highest BCUT2D eigenvalue weighted by Gasteiger charge is 2.39. The lowest BCUT2D eigenvalue weighted by atomic mass is 10.1. The Bertz CT molecular complexity index is 565. The fourth-order valence-electron chi connectivity index (χ4n) is 1.96. The number of hydrogen-bond acceptors (Lipinski definition) is 2. The number of hydrogen-bond donors (Lipinski definition) is 0. The first kappa shape index (κ1) is 13.7. The van der Waals surface area contributed by atoms with Crippen LogP contribution in [0.3, 0.4) is 0 Å². The van der Waals surface area contributed by atoms with Gasteiger partial charge < -0.3 is 4.90 Å². The SMILES string of the molecule is N#Cc1ccc(N2CC(Cl)CC2=O)c(C(F)(F)F)c1. The quantitative estimate of drug-likeness (QED) is 0.746. The van der Waals surface area contributed by atoms with Crippen LogP contribution in [-0.2, 0) is 11.0 Å². The van der Waals surface area contributed by atoms with Crippen LogP contribution in [0.1, 0.15) is 17.5 Å². The second-order valence-corrected chi connectivity index (χ2v) is 4.76. The molecule has 1 aliphatic rings. The van der Waals surface area contributed by atoms with Crippen molar-refractivity contribution in [1.29, 1.82) is 5.26 Å². The van der Waals surface area contributed by atoms with Crippen molar-refractivity contribution >= 4 is 23.2 Å². The second kappa shape index (κ2) is 4.74. The van der Waals surface area contributed by atoms with E-state index < -0.39 is 23.0 Å². The molecule has 0 radical (unpaired) electrons. The van der Waals surface area contributed by atoms with E-state index in [1.165, 1.54) is 6.07 Å². The molecule has 1 heterocycles. The first-order chi connectivity index (χ1) is 8.82. The molecule has 100 valence electrons. The Morgan fingerprint density at radius 2 is 2.11 bits per heavy atom. The summed E-state index contributed by atoms with van der Waals surface area (Å²) in [5.41, 5.74) is -1.35. The van der Waals surface area contributed by atoms with E-state index in [1.54, 1.807) is 6.07 Å². The molecule has 0 spiro atoms. The summed E-state index contributed by atoms with van der Waals surface area (Å²) in [6.45, 7) is 0.0371. The van der Waals surface area contributed by atoms with Crippen molar-refractivity contribution < 1.29 is 18.0 Å². The van der Waals surface area contributed by atoms with Crippen LogP contribution in [0.4, 0.5) is 18.9 Å². The van der Waals surface area contributed by atoms with Crippen molar-refractivity contribution in [2.75, 3.05) is 11.4 Å². The molecular weight excluding hydrogens is 281 g/mol. The topological polar surface area (TPSA) is 44.1 Å². The van der Waals surface area contributed by atoms with Crippen LogP contribution >= 0.6 is 11.6 Å². The Balaban J connectivity index is 2.52. The fraction of sp³-hybridized carbons (Fsp3) is 0.333. The van der Waals surface area contributed by atoms with E-state index in [0.29, 0.717) is 0 Å². The molecule has 19 heavy (non-hydrogen) atoms. The predicted molar refractivity (Wildman–Crippen MR) is 62.8 cm³/mol. The number of carbonyl (C=O) groups excluding carboxylic acids is 1. The standard InChI is InChI=1S/C12H8ClF3N2O/c13-8-4-11(19)18(6-8)10-2-1-7(5-17)3-9(10)12(14,15)16/h1-3,8H,4,6H2. The Kier molecular flexibility index (Phi) is 3.42. The van der Waals surface area contributed by atoms with E-state index in [4.69, 9.17) is 16.9 Å². The summed E-state index contributed by atoms with van der Waals surface area (Å²) in [6, 6.07) is 4.77. The lowest BCUT2D eigenvalue weighted by Gasteiger charge is -2.21. The molecule has 1 fully saturated rings. The number of alkyl halides is 4. The van der Waals surface area contributed by atoms with Crippen LogP contribution in [-0.4, -0.2) is 17.8 Å². The van der Waals surface area contributed by atoms with Gasteiger partial charge >= 0.3 is 6.18 Å². The van der Waals surface area contributed by atoms with Gasteiger partial charge in [-0.3, -0.25) is 4.79 Å². The van der Waals surface area contributed by atoms with Crippen LogP contribution in [0.25, 0.3) is 0 Å². The van der Waals surface area contributed by atoms with Gasteiger partial charge in [-0.05, 0) is 18.2 Å². The van der Waals surface area contributed by atoms with E-state index in [-0.39, 0.29) is 24.2 Å². The zero-order valence-electron chi connectivity index (χ0n) is 9.54. The van der Waals surface area contributed by atoms with Gasteiger partial charge in [-0.1, -0.05) is 0 Å². The zero-order chi connectivity index (χ0) is 14.2. The maximum absolute atomic E-state index is 13.0. The third-order valence-corrected chi connectivity index (χ3v) is 3.09. The average molecular weight is 289 g/mol. The fourth-order valence-corrected chi connectivity index (χ4v) is 2.23. The number of rotatable bonds is 1. The van der Waals surface area contributed by atoms with Gasteiger partial charge in [0.15, 0.2) is 0 Å². The summed E-state index contributed by atoms with van der Waals surface area (Å²) in [5, 5.41) is 8.16. The predicted octanol–water partition coefficient (Wildman–Crippen LogP) is 2.92. The lowest BCUT2D eigenvalue weighted by Crippen LogP contribution is -2.27. The summed E-state index contributed by atoms with van der Waals surface area (Å²) < 4.78 is 38.9. The normalized spacial score (nSPS) is 19.6. The van der Waals surface area contributed by atoms with Crippen LogP contribution in [0.5, 0.6) is 0 Å². The van der Waals surface area contributed by atoms with Gasteiger partial charge in [-0.15, -0.1) is 11.6 Å². The van der Waals surface area contributed by atoms with Gasteiger partial charge in [0.2, 0.25) is 5.91 Å². The number of benzene rings is 1. The smallest absolute Gasteiger partial charge is 0.310 e. The molecule has 2 rings (SSSR count). The zero-order valence-corrected chi connectivity index (χ0v) is 10.3. The molecule has 7 heteroatoms. The Morgan fingerprint density at radius 3 is 2.58 bits per heavy atom. The monoisotopic (exact) mass is 288 g/mol. The highest BCUT2D eigenvalue weighted by molar-refractivity contribution is 6.24. The number of carbonyl (C=O) groups is 1. The molecule has 0 N–H and O–H groups in total. The maximum Gasteiger partial charge on any atom is 0.418 e. The van der Waals surface area contributed by atoms with Crippen LogP contribution in [0.2, 0.25) is 0 Å². The number of anilines is 1. The van der Waals surface area contributed by atoms with E-state index in [0.717, 1.165) is 17.0 Å². The molecule has 1 saturated heterocycles. The molecule has 3 nitrogen and oxygen atoms in total. The number of nitriles is 1. The second-order valence-electron chi connectivity index (χ2n) is 4.15. The van der Waals surface area contributed by atoms with Gasteiger partial charge in [0, 0.05) is 13.0 Å². The van der Waals surface area contributed by atoms with Crippen molar-refractivity contribution in [3.8, 4) is 6.07 Å². The maximum atomic E-state index is 13.0. The van der Waals surface area contributed by atoms with E-state index in [2.05, 4.69) is 0 Å². The molecule has 1 aromatic carbocycles. The molecule has 0 saturated carbocycles. The number of amides is 1. The Hall–Kier alpha value is -1.74. The third-order valence-electron chi connectivity index (χ3n) is 2.80. The minimum atomic E-state index is -4.63. The Labute approximate surface area is 112 Å². The summed E-state index contributed by atoms with van der Waals surface area (Å²) in [5.74, 6) is -0.449. The molecule has 0 aromatic heterocycles. The molecule has 0 bridgehead atoms. The summed E-state index contributed by atoms with van der Waals surface area (Å²) in [4.78, 5) is 12.6. The molecule has 1 aromatic rings. The summed E-state index contributed by atoms with van der Waals surface area (Å²) in [7, 11) is 0. The molecule has 1 amide bonds. The first-order valence-electron chi connectivity index (χ1n) is 5.38. The third kappa shape index (κ3) is 2.66. The lowest BCUT2D eigenvalue weighted by molar-refractivity contribution is -0.137. The minimum absolute atomic E-state index is 0.0128. The minimum Gasteiger partial charge on any atom is -0.310 e. The highest BCUT2D eigenvalue weighted by Crippen LogP contribution is 2.38. The van der Waals surface area contributed by atoms with E-state index in [1.807, 2.05) is 0 Å².